The van der Waals surface area contributed by atoms with Crippen LogP contribution < -0.4 is 0 Å². The summed E-state index contributed by atoms with van der Waals surface area (Å²) in [6, 6.07) is 10.2. The van der Waals surface area contributed by atoms with Crippen molar-refractivity contribution in [2.75, 3.05) is 26.3 Å². The zero-order valence-corrected chi connectivity index (χ0v) is 11.8. The maximum absolute atomic E-state index is 10.8. The monoisotopic (exact) mass is 277 g/mol. The summed E-state index contributed by atoms with van der Waals surface area (Å²) in [7, 11) is 0. The number of rotatable bonds is 7. The topological polar surface area (TPSA) is 49.8 Å². The molecule has 1 aromatic rings. The van der Waals surface area contributed by atoms with Gasteiger partial charge in [0.2, 0.25) is 0 Å². The van der Waals surface area contributed by atoms with Crippen molar-refractivity contribution in [1.82, 2.24) is 4.90 Å². The zero-order chi connectivity index (χ0) is 14.2. The van der Waals surface area contributed by atoms with Gasteiger partial charge in [-0.15, -0.1) is 0 Å². The molecule has 1 N–H and O–H groups in total. The molecule has 1 heterocycles. The van der Waals surface area contributed by atoms with Crippen molar-refractivity contribution in [3.8, 4) is 0 Å². The van der Waals surface area contributed by atoms with Crippen LogP contribution in [0.4, 0.5) is 0 Å². The van der Waals surface area contributed by atoms with Gasteiger partial charge in [-0.1, -0.05) is 30.3 Å². The molecule has 110 valence electrons. The molecule has 0 spiro atoms. The molecule has 1 aromatic carbocycles. The van der Waals surface area contributed by atoms with Gasteiger partial charge in [0.25, 0.3) is 0 Å². The van der Waals surface area contributed by atoms with Crippen LogP contribution in [0.5, 0.6) is 0 Å². The van der Waals surface area contributed by atoms with E-state index in [1.165, 1.54) is 5.56 Å². The van der Waals surface area contributed by atoms with Gasteiger partial charge in [-0.05, 0) is 24.3 Å². The molecule has 0 aliphatic carbocycles. The number of ether oxygens (including phenoxy) is 1. The Morgan fingerprint density at radius 2 is 1.95 bits per heavy atom. The van der Waals surface area contributed by atoms with E-state index in [1.54, 1.807) is 0 Å². The van der Waals surface area contributed by atoms with Gasteiger partial charge in [-0.3, -0.25) is 9.69 Å². The summed E-state index contributed by atoms with van der Waals surface area (Å²) in [5, 5.41) is 8.89. The highest BCUT2D eigenvalue weighted by molar-refractivity contribution is 5.66. The van der Waals surface area contributed by atoms with Crippen LogP contribution in [0.25, 0.3) is 0 Å². The molecule has 0 radical (unpaired) electrons. The van der Waals surface area contributed by atoms with Gasteiger partial charge < -0.3 is 9.84 Å². The Morgan fingerprint density at radius 1 is 1.25 bits per heavy atom. The molecular weight excluding hydrogens is 254 g/mol. The van der Waals surface area contributed by atoms with Gasteiger partial charge in [-0.25, -0.2) is 0 Å². The highest BCUT2D eigenvalue weighted by Gasteiger charge is 2.18. The van der Waals surface area contributed by atoms with Crippen LogP contribution in [-0.4, -0.2) is 42.3 Å². The largest absolute Gasteiger partial charge is 0.481 e. The van der Waals surface area contributed by atoms with Crippen LogP contribution in [0.15, 0.2) is 30.3 Å². The average molecular weight is 277 g/mol. The van der Waals surface area contributed by atoms with Gasteiger partial charge in [0, 0.05) is 32.8 Å². The molecule has 0 bridgehead atoms. The van der Waals surface area contributed by atoms with Crippen LogP contribution in [0.1, 0.15) is 24.8 Å². The van der Waals surface area contributed by atoms with E-state index >= 15 is 0 Å². The molecular formula is C16H23NO3. The molecule has 20 heavy (non-hydrogen) atoms. The third-order valence-electron chi connectivity index (χ3n) is 3.75. The fraction of sp³-hybridized carbons (Fsp3) is 0.562. The minimum Gasteiger partial charge on any atom is -0.481 e. The summed E-state index contributed by atoms with van der Waals surface area (Å²) in [6.45, 7) is 4.07. The highest BCUT2D eigenvalue weighted by atomic mass is 16.5. The summed E-state index contributed by atoms with van der Waals surface area (Å²) in [6.07, 6.45) is 2.37. The SMILES string of the molecule is O=C(O)CCN(Cc1ccccc1)CC1CCOCC1. The minimum atomic E-state index is -0.727. The second kappa shape index (κ2) is 8.02. The molecule has 0 saturated carbocycles. The van der Waals surface area contributed by atoms with E-state index in [0.29, 0.717) is 12.5 Å². The summed E-state index contributed by atoms with van der Waals surface area (Å²) in [4.78, 5) is 13.1. The number of benzene rings is 1. The maximum Gasteiger partial charge on any atom is 0.304 e. The Kier molecular flexibility index (Phi) is 6.02. The summed E-state index contributed by atoms with van der Waals surface area (Å²) >= 11 is 0. The van der Waals surface area contributed by atoms with Crippen LogP contribution in [0, 0.1) is 5.92 Å². The van der Waals surface area contributed by atoms with Crippen LogP contribution in [0.2, 0.25) is 0 Å². The first-order valence-electron chi connectivity index (χ1n) is 7.30. The van der Waals surface area contributed by atoms with Gasteiger partial charge in [-0.2, -0.15) is 0 Å². The number of carboxylic acid groups (broad SMARTS) is 1. The number of carbonyl (C=O) groups is 1. The van der Waals surface area contributed by atoms with Crippen LogP contribution in [-0.2, 0) is 16.1 Å². The van der Waals surface area contributed by atoms with E-state index in [-0.39, 0.29) is 6.42 Å². The number of carboxylic acids is 1. The van der Waals surface area contributed by atoms with Crippen molar-refractivity contribution in [2.45, 2.75) is 25.8 Å². The average Bonchev–Trinajstić information content (AvgIpc) is 2.47. The second-order valence-electron chi connectivity index (χ2n) is 5.42. The van der Waals surface area contributed by atoms with Gasteiger partial charge in [0.1, 0.15) is 0 Å². The van der Waals surface area contributed by atoms with Crippen molar-refractivity contribution in [2.24, 2.45) is 5.92 Å². The molecule has 1 fully saturated rings. The fourth-order valence-electron chi connectivity index (χ4n) is 2.62. The van der Waals surface area contributed by atoms with Crippen molar-refractivity contribution in [3.05, 3.63) is 35.9 Å². The highest BCUT2D eigenvalue weighted by Crippen LogP contribution is 2.17. The quantitative estimate of drug-likeness (QED) is 0.831. The molecule has 1 aliphatic heterocycles. The molecule has 0 atom stereocenters. The summed E-state index contributed by atoms with van der Waals surface area (Å²) in [5.41, 5.74) is 1.24. The first-order chi connectivity index (χ1) is 9.74. The molecule has 1 saturated heterocycles. The predicted octanol–water partition coefficient (Wildman–Crippen LogP) is 2.39. The van der Waals surface area contributed by atoms with Crippen molar-refractivity contribution in [1.29, 1.82) is 0 Å². The summed E-state index contributed by atoms with van der Waals surface area (Å²) in [5.74, 6) is -0.101. The van der Waals surface area contributed by atoms with Crippen LogP contribution >= 0.6 is 0 Å². The Hall–Kier alpha value is -1.39. The van der Waals surface area contributed by atoms with Crippen molar-refractivity contribution >= 4 is 5.97 Å². The van der Waals surface area contributed by atoms with E-state index in [2.05, 4.69) is 17.0 Å². The molecule has 2 rings (SSSR count). The van der Waals surface area contributed by atoms with E-state index in [1.807, 2.05) is 18.2 Å². The zero-order valence-electron chi connectivity index (χ0n) is 11.8. The van der Waals surface area contributed by atoms with Gasteiger partial charge in [0.05, 0.1) is 6.42 Å². The second-order valence-corrected chi connectivity index (χ2v) is 5.42. The Morgan fingerprint density at radius 3 is 2.60 bits per heavy atom. The lowest BCUT2D eigenvalue weighted by Gasteiger charge is -2.29. The Bertz CT molecular complexity index is 401. The number of nitrogens with zero attached hydrogens (tertiary/aromatic N) is 1. The lowest BCUT2D eigenvalue weighted by Crippen LogP contribution is -2.33. The van der Waals surface area contributed by atoms with Gasteiger partial charge >= 0.3 is 5.97 Å². The predicted molar refractivity (Wildman–Crippen MR) is 77.5 cm³/mol. The van der Waals surface area contributed by atoms with Crippen molar-refractivity contribution in [3.63, 3.8) is 0 Å². The smallest absolute Gasteiger partial charge is 0.304 e. The normalized spacial score (nSPS) is 16.4. The van der Waals surface area contributed by atoms with Gasteiger partial charge in [0.15, 0.2) is 0 Å². The van der Waals surface area contributed by atoms with Crippen molar-refractivity contribution < 1.29 is 14.6 Å². The number of hydrogen-bond donors (Lipinski definition) is 1. The lowest BCUT2D eigenvalue weighted by atomic mass is 9.99. The molecule has 0 amide bonds. The number of hydrogen-bond acceptors (Lipinski definition) is 3. The summed E-state index contributed by atoms with van der Waals surface area (Å²) < 4.78 is 5.39. The first-order valence-corrected chi connectivity index (χ1v) is 7.30. The molecule has 4 nitrogen and oxygen atoms in total. The molecule has 0 unspecified atom stereocenters. The van der Waals surface area contributed by atoms with E-state index < -0.39 is 5.97 Å². The fourth-order valence-corrected chi connectivity index (χ4v) is 2.62. The molecule has 4 heteroatoms. The third kappa shape index (κ3) is 5.31. The Balaban J connectivity index is 1.90. The van der Waals surface area contributed by atoms with E-state index in [0.717, 1.165) is 39.1 Å². The minimum absolute atomic E-state index is 0.204. The maximum atomic E-state index is 10.8. The first kappa shape index (κ1) is 15.0. The molecule has 0 aromatic heterocycles. The van der Waals surface area contributed by atoms with E-state index in [4.69, 9.17) is 9.84 Å². The molecule has 1 aliphatic rings. The standard InChI is InChI=1S/C16H23NO3/c18-16(19)6-9-17(12-14-4-2-1-3-5-14)13-15-7-10-20-11-8-15/h1-5,15H,6-13H2,(H,18,19). The lowest BCUT2D eigenvalue weighted by molar-refractivity contribution is -0.137. The van der Waals surface area contributed by atoms with Crippen LogP contribution in [0.3, 0.4) is 0 Å². The Labute approximate surface area is 120 Å². The third-order valence-corrected chi connectivity index (χ3v) is 3.75. The number of aliphatic carboxylic acids is 1. The van der Waals surface area contributed by atoms with E-state index in [9.17, 15) is 4.79 Å².